The molecule has 110 valence electrons. The van der Waals surface area contributed by atoms with Crippen LogP contribution in [-0.2, 0) is 0 Å². The lowest BCUT2D eigenvalue weighted by molar-refractivity contribution is 0.0948. The average molecular weight is 277 g/mol. The maximum absolute atomic E-state index is 11.9. The Kier molecular flexibility index (Phi) is 6.70. The summed E-state index contributed by atoms with van der Waals surface area (Å²) in [7, 11) is 0. The second kappa shape index (κ2) is 8.30. The maximum atomic E-state index is 11.9. The van der Waals surface area contributed by atoms with Gasteiger partial charge < -0.3 is 10.6 Å². The summed E-state index contributed by atoms with van der Waals surface area (Å²) in [6, 6.07) is 1.57. The molecule has 2 N–H and O–H groups in total. The number of nitrogens with one attached hydrogen (secondary N) is 2. The quantitative estimate of drug-likeness (QED) is 0.749. The number of pyridine rings is 1. The molecule has 0 unspecified atom stereocenters. The van der Waals surface area contributed by atoms with E-state index in [9.17, 15) is 9.59 Å². The van der Waals surface area contributed by atoms with E-state index in [2.05, 4.69) is 22.5 Å². The van der Waals surface area contributed by atoms with Crippen LogP contribution in [0.1, 0.15) is 54.3 Å². The minimum atomic E-state index is -0.200. The number of hydrogen-bond donors (Lipinski definition) is 2. The lowest BCUT2D eigenvalue weighted by Gasteiger charge is -2.08. The van der Waals surface area contributed by atoms with Gasteiger partial charge in [-0.1, -0.05) is 27.2 Å². The predicted molar refractivity (Wildman–Crippen MR) is 78.6 cm³/mol. The Balaban J connectivity index is 2.65. The lowest BCUT2D eigenvalue weighted by Crippen LogP contribution is -2.28. The first-order valence-electron chi connectivity index (χ1n) is 7.06. The van der Waals surface area contributed by atoms with Crippen molar-refractivity contribution in [2.24, 2.45) is 5.92 Å². The molecule has 0 saturated carbocycles. The summed E-state index contributed by atoms with van der Waals surface area (Å²) in [6.45, 7) is 7.35. The summed E-state index contributed by atoms with van der Waals surface area (Å²) >= 11 is 0. The standard InChI is InChI=1S/C15H23N3O2/c1-4-5-6-17-14(19)12-7-13(10-16-9-12)15(20)18-8-11(2)3/h7,9-11H,4-6,8H2,1-3H3,(H,17,19)(H,18,20). The first-order valence-corrected chi connectivity index (χ1v) is 7.06. The van der Waals surface area contributed by atoms with E-state index < -0.39 is 0 Å². The molecule has 0 radical (unpaired) electrons. The van der Waals surface area contributed by atoms with Crippen molar-refractivity contribution in [1.82, 2.24) is 15.6 Å². The summed E-state index contributed by atoms with van der Waals surface area (Å²) in [5.74, 6) is -0.00805. The van der Waals surface area contributed by atoms with E-state index in [4.69, 9.17) is 0 Å². The molecule has 0 saturated heterocycles. The first kappa shape index (κ1) is 16.1. The molecular formula is C15H23N3O2. The van der Waals surface area contributed by atoms with E-state index in [1.54, 1.807) is 6.07 Å². The molecule has 0 fully saturated rings. The third-order valence-electron chi connectivity index (χ3n) is 2.75. The van der Waals surface area contributed by atoms with E-state index in [1.165, 1.54) is 12.4 Å². The minimum Gasteiger partial charge on any atom is -0.352 e. The van der Waals surface area contributed by atoms with Crippen molar-refractivity contribution in [3.8, 4) is 0 Å². The third kappa shape index (κ3) is 5.38. The Labute approximate surface area is 120 Å². The monoisotopic (exact) mass is 277 g/mol. The van der Waals surface area contributed by atoms with Crippen molar-refractivity contribution in [1.29, 1.82) is 0 Å². The fourth-order valence-electron chi connectivity index (χ4n) is 1.57. The second-order valence-corrected chi connectivity index (χ2v) is 5.18. The van der Waals surface area contributed by atoms with Gasteiger partial charge in [-0.05, 0) is 18.4 Å². The number of nitrogens with zero attached hydrogens (tertiary/aromatic N) is 1. The average Bonchev–Trinajstić information content (AvgIpc) is 2.45. The zero-order chi connectivity index (χ0) is 15.0. The number of unbranched alkanes of at least 4 members (excludes halogenated alkanes) is 1. The topological polar surface area (TPSA) is 71.1 Å². The molecule has 0 aliphatic heterocycles. The molecule has 1 aromatic rings. The van der Waals surface area contributed by atoms with Gasteiger partial charge in [0.1, 0.15) is 0 Å². The van der Waals surface area contributed by atoms with Gasteiger partial charge in [0, 0.05) is 25.5 Å². The van der Waals surface area contributed by atoms with Gasteiger partial charge in [-0.15, -0.1) is 0 Å². The summed E-state index contributed by atoms with van der Waals surface area (Å²) in [4.78, 5) is 27.7. The van der Waals surface area contributed by atoms with E-state index in [0.717, 1.165) is 12.8 Å². The van der Waals surface area contributed by atoms with Gasteiger partial charge in [0.2, 0.25) is 0 Å². The van der Waals surface area contributed by atoms with Gasteiger partial charge in [-0.3, -0.25) is 14.6 Å². The van der Waals surface area contributed by atoms with E-state index in [0.29, 0.717) is 30.1 Å². The molecule has 1 rings (SSSR count). The molecule has 0 bridgehead atoms. The zero-order valence-corrected chi connectivity index (χ0v) is 12.4. The largest absolute Gasteiger partial charge is 0.352 e. The predicted octanol–water partition coefficient (Wildman–Crippen LogP) is 2.00. The Bertz CT molecular complexity index is 458. The number of rotatable bonds is 7. The van der Waals surface area contributed by atoms with Gasteiger partial charge in [-0.2, -0.15) is 0 Å². The normalized spacial score (nSPS) is 10.4. The van der Waals surface area contributed by atoms with Crippen LogP contribution in [-0.4, -0.2) is 29.9 Å². The first-order chi connectivity index (χ1) is 9.54. The van der Waals surface area contributed by atoms with Crippen LogP contribution in [0, 0.1) is 5.92 Å². The molecule has 5 nitrogen and oxygen atoms in total. The molecule has 2 amide bonds. The van der Waals surface area contributed by atoms with Crippen molar-refractivity contribution in [3.05, 3.63) is 29.6 Å². The van der Waals surface area contributed by atoms with Gasteiger partial charge in [-0.25, -0.2) is 0 Å². The van der Waals surface area contributed by atoms with Gasteiger partial charge in [0.15, 0.2) is 0 Å². The lowest BCUT2D eigenvalue weighted by atomic mass is 10.1. The van der Waals surface area contributed by atoms with E-state index in [-0.39, 0.29) is 11.8 Å². The fourth-order valence-corrected chi connectivity index (χ4v) is 1.57. The summed E-state index contributed by atoms with van der Waals surface area (Å²) in [6.07, 6.45) is 4.91. The van der Waals surface area contributed by atoms with Gasteiger partial charge in [0.05, 0.1) is 11.1 Å². The van der Waals surface area contributed by atoms with Crippen molar-refractivity contribution in [2.75, 3.05) is 13.1 Å². The highest BCUT2D eigenvalue weighted by molar-refractivity contribution is 5.99. The molecule has 0 spiro atoms. The molecule has 1 heterocycles. The second-order valence-electron chi connectivity index (χ2n) is 5.18. The maximum Gasteiger partial charge on any atom is 0.252 e. The Morgan fingerprint density at radius 1 is 1.15 bits per heavy atom. The molecule has 0 aromatic carbocycles. The number of carbonyl (C=O) groups is 2. The van der Waals surface area contributed by atoms with E-state index >= 15 is 0 Å². The van der Waals surface area contributed by atoms with Crippen molar-refractivity contribution < 1.29 is 9.59 Å². The molecule has 5 heteroatoms. The Hall–Kier alpha value is -1.91. The number of hydrogen-bond acceptors (Lipinski definition) is 3. The van der Waals surface area contributed by atoms with E-state index in [1.807, 2.05) is 13.8 Å². The van der Waals surface area contributed by atoms with Crippen molar-refractivity contribution >= 4 is 11.8 Å². The third-order valence-corrected chi connectivity index (χ3v) is 2.75. The summed E-state index contributed by atoms with van der Waals surface area (Å²) in [5, 5.41) is 5.61. The Morgan fingerprint density at radius 3 is 2.30 bits per heavy atom. The highest BCUT2D eigenvalue weighted by Gasteiger charge is 2.11. The number of carbonyl (C=O) groups excluding carboxylic acids is 2. The highest BCUT2D eigenvalue weighted by atomic mass is 16.2. The molecule has 0 aliphatic rings. The number of amides is 2. The van der Waals surface area contributed by atoms with Crippen molar-refractivity contribution in [3.63, 3.8) is 0 Å². The van der Waals surface area contributed by atoms with Crippen LogP contribution in [0.5, 0.6) is 0 Å². The Morgan fingerprint density at radius 2 is 1.75 bits per heavy atom. The molecule has 0 aliphatic carbocycles. The highest BCUT2D eigenvalue weighted by Crippen LogP contribution is 2.03. The van der Waals surface area contributed by atoms with Crippen LogP contribution in [0.25, 0.3) is 0 Å². The number of aromatic nitrogens is 1. The van der Waals surface area contributed by atoms with Crippen LogP contribution in [0.15, 0.2) is 18.5 Å². The smallest absolute Gasteiger partial charge is 0.252 e. The van der Waals surface area contributed by atoms with Crippen LogP contribution in [0.2, 0.25) is 0 Å². The van der Waals surface area contributed by atoms with Crippen molar-refractivity contribution in [2.45, 2.75) is 33.6 Å². The molecular weight excluding hydrogens is 254 g/mol. The summed E-state index contributed by atoms with van der Waals surface area (Å²) in [5.41, 5.74) is 0.826. The van der Waals surface area contributed by atoms with Crippen LogP contribution < -0.4 is 10.6 Å². The van der Waals surface area contributed by atoms with Gasteiger partial charge in [0.25, 0.3) is 11.8 Å². The minimum absolute atomic E-state index is 0.190. The SMILES string of the molecule is CCCCNC(=O)c1cncc(C(=O)NCC(C)C)c1. The molecule has 20 heavy (non-hydrogen) atoms. The molecule has 1 aromatic heterocycles. The van der Waals surface area contributed by atoms with Crippen LogP contribution in [0.3, 0.4) is 0 Å². The fraction of sp³-hybridized carbons (Fsp3) is 0.533. The zero-order valence-electron chi connectivity index (χ0n) is 12.4. The summed E-state index contributed by atoms with van der Waals surface area (Å²) < 4.78 is 0. The molecule has 0 atom stereocenters. The van der Waals surface area contributed by atoms with Crippen LogP contribution >= 0.6 is 0 Å². The van der Waals surface area contributed by atoms with Gasteiger partial charge >= 0.3 is 0 Å². The van der Waals surface area contributed by atoms with Crippen LogP contribution in [0.4, 0.5) is 0 Å².